The van der Waals surface area contributed by atoms with Crippen LogP contribution in [-0.2, 0) is 13.6 Å². The highest BCUT2D eigenvalue weighted by molar-refractivity contribution is 6.38. The molecule has 3 aromatic rings. The summed E-state index contributed by atoms with van der Waals surface area (Å²) < 4.78 is 3.83. The molecule has 1 amide bonds. The number of aryl methyl sites for hydroxylation is 3. The molecule has 0 aliphatic carbocycles. The average Bonchev–Trinajstić information content (AvgIpc) is 3.02. The molecule has 0 saturated heterocycles. The van der Waals surface area contributed by atoms with Gasteiger partial charge in [-0.3, -0.25) is 9.48 Å². The predicted molar refractivity (Wildman–Crippen MR) is 101 cm³/mol. The summed E-state index contributed by atoms with van der Waals surface area (Å²) in [5.41, 5.74) is 3.60. The van der Waals surface area contributed by atoms with Crippen molar-refractivity contribution in [1.82, 2.24) is 19.7 Å². The fourth-order valence-electron chi connectivity index (χ4n) is 3.17. The van der Waals surface area contributed by atoms with Crippen molar-refractivity contribution >= 4 is 28.4 Å². The summed E-state index contributed by atoms with van der Waals surface area (Å²) in [4.78, 5) is 12.6. The van der Waals surface area contributed by atoms with Gasteiger partial charge in [-0.1, -0.05) is 36.7 Å². The van der Waals surface area contributed by atoms with Crippen LogP contribution in [0.2, 0.25) is 5.02 Å². The van der Waals surface area contributed by atoms with Crippen LogP contribution in [0.1, 0.15) is 28.8 Å². The molecule has 5 nitrogen and oxygen atoms in total. The Morgan fingerprint density at radius 2 is 2.04 bits per heavy atom. The molecule has 3 rings (SSSR count). The van der Waals surface area contributed by atoms with Crippen molar-refractivity contribution in [3.8, 4) is 0 Å². The largest absolute Gasteiger partial charge is 0.350 e. The van der Waals surface area contributed by atoms with Crippen LogP contribution in [0, 0.1) is 19.8 Å². The minimum absolute atomic E-state index is 0.149. The van der Waals surface area contributed by atoms with Crippen LogP contribution in [-0.4, -0.2) is 26.8 Å². The van der Waals surface area contributed by atoms with E-state index in [1.54, 1.807) is 0 Å². The normalized spacial score (nSPS) is 12.5. The third-order valence-electron chi connectivity index (χ3n) is 4.46. The van der Waals surface area contributed by atoms with Crippen LogP contribution >= 0.6 is 11.6 Å². The zero-order valence-corrected chi connectivity index (χ0v) is 15.8. The summed E-state index contributed by atoms with van der Waals surface area (Å²) in [6, 6.07) is 9.81. The Labute approximate surface area is 152 Å². The summed E-state index contributed by atoms with van der Waals surface area (Å²) >= 11 is 6.43. The fraction of sp³-hybridized carbons (Fsp3) is 0.368. The number of carbonyl (C=O) groups excluding carboxylic acids is 1. The fourth-order valence-corrected chi connectivity index (χ4v) is 3.54. The highest BCUT2D eigenvalue weighted by Crippen LogP contribution is 2.29. The second kappa shape index (κ2) is 6.92. The molecule has 1 aromatic carbocycles. The van der Waals surface area contributed by atoms with Gasteiger partial charge in [0.1, 0.15) is 5.69 Å². The monoisotopic (exact) mass is 358 g/mol. The Bertz CT molecular complexity index is 886. The smallest absolute Gasteiger partial charge is 0.269 e. The van der Waals surface area contributed by atoms with E-state index < -0.39 is 0 Å². The van der Waals surface area contributed by atoms with E-state index >= 15 is 0 Å². The number of para-hydroxylation sites is 1. The zero-order valence-electron chi connectivity index (χ0n) is 15.0. The van der Waals surface area contributed by atoms with E-state index in [0.29, 0.717) is 17.3 Å². The first-order valence-electron chi connectivity index (χ1n) is 8.40. The van der Waals surface area contributed by atoms with Crippen molar-refractivity contribution in [1.29, 1.82) is 0 Å². The van der Waals surface area contributed by atoms with E-state index in [4.69, 9.17) is 11.6 Å². The molecule has 25 heavy (non-hydrogen) atoms. The number of hydrogen-bond donors (Lipinski definition) is 1. The zero-order chi connectivity index (χ0) is 18.1. The molecule has 0 spiro atoms. The predicted octanol–water partition coefficient (Wildman–Crippen LogP) is 3.71. The van der Waals surface area contributed by atoms with Gasteiger partial charge in [-0.2, -0.15) is 5.10 Å². The number of hydrogen-bond acceptors (Lipinski definition) is 2. The highest BCUT2D eigenvalue weighted by atomic mass is 35.5. The molecule has 0 aliphatic heterocycles. The standard InChI is InChI=1S/C19H23ClN4O/c1-12(11-24-14(3)9-13(2)22-24)10-21-19(25)18-17(20)15-7-5-6-8-16(15)23(18)4/h5-9,12H,10-11H2,1-4H3,(H,21,25). The van der Waals surface area contributed by atoms with E-state index in [1.807, 2.05) is 54.4 Å². The molecule has 0 radical (unpaired) electrons. The van der Waals surface area contributed by atoms with E-state index in [9.17, 15) is 4.79 Å². The lowest BCUT2D eigenvalue weighted by atomic mass is 10.2. The van der Waals surface area contributed by atoms with Gasteiger partial charge in [0.05, 0.1) is 10.7 Å². The lowest BCUT2D eigenvalue weighted by molar-refractivity contribution is 0.0939. The van der Waals surface area contributed by atoms with Gasteiger partial charge in [0.15, 0.2) is 0 Å². The quantitative estimate of drug-likeness (QED) is 0.755. The molecule has 2 aromatic heterocycles. The Morgan fingerprint density at radius 3 is 2.68 bits per heavy atom. The van der Waals surface area contributed by atoms with Gasteiger partial charge in [0, 0.05) is 36.7 Å². The van der Waals surface area contributed by atoms with E-state index in [1.165, 1.54) is 0 Å². The summed E-state index contributed by atoms with van der Waals surface area (Å²) in [7, 11) is 1.86. The topological polar surface area (TPSA) is 51.9 Å². The van der Waals surface area contributed by atoms with Gasteiger partial charge in [-0.15, -0.1) is 0 Å². The average molecular weight is 359 g/mol. The molecule has 1 unspecified atom stereocenters. The number of nitrogens with one attached hydrogen (secondary N) is 1. The SMILES string of the molecule is Cc1cc(C)n(CC(C)CNC(=O)c2c(Cl)c3ccccc3n2C)n1. The maximum Gasteiger partial charge on any atom is 0.269 e. The third-order valence-corrected chi connectivity index (χ3v) is 4.84. The minimum Gasteiger partial charge on any atom is -0.350 e. The first kappa shape index (κ1) is 17.5. The van der Waals surface area contributed by atoms with Crippen molar-refractivity contribution in [2.24, 2.45) is 13.0 Å². The van der Waals surface area contributed by atoms with Crippen LogP contribution in [0.15, 0.2) is 30.3 Å². The summed E-state index contributed by atoms with van der Waals surface area (Å²) in [5.74, 6) is 0.110. The molecule has 1 N–H and O–H groups in total. The molecule has 6 heteroatoms. The molecule has 132 valence electrons. The summed E-state index contributed by atoms with van der Waals surface area (Å²) in [6.07, 6.45) is 0. The van der Waals surface area contributed by atoms with Crippen molar-refractivity contribution < 1.29 is 4.79 Å². The second-order valence-corrected chi connectivity index (χ2v) is 7.04. The maximum atomic E-state index is 12.6. The van der Waals surface area contributed by atoms with Gasteiger partial charge in [-0.05, 0) is 31.9 Å². The molecule has 0 saturated carbocycles. The van der Waals surface area contributed by atoms with Crippen LogP contribution < -0.4 is 5.32 Å². The first-order valence-corrected chi connectivity index (χ1v) is 8.78. The van der Waals surface area contributed by atoms with Crippen molar-refractivity contribution in [2.45, 2.75) is 27.3 Å². The minimum atomic E-state index is -0.149. The van der Waals surface area contributed by atoms with E-state index in [0.717, 1.165) is 28.8 Å². The third kappa shape index (κ3) is 3.42. The van der Waals surface area contributed by atoms with Crippen LogP contribution in [0.5, 0.6) is 0 Å². The highest BCUT2D eigenvalue weighted by Gasteiger charge is 2.20. The Morgan fingerprint density at radius 1 is 1.32 bits per heavy atom. The number of amides is 1. The molecule has 1 atom stereocenters. The molecular formula is C19H23ClN4O. The lowest BCUT2D eigenvalue weighted by Crippen LogP contribution is -2.31. The Kier molecular flexibility index (Phi) is 4.86. The van der Waals surface area contributed by atoms with E-state index in [-0.39, 0.29) is 11.8 Å². The van der Waals surface area contributed by atoms with Gasteiger partial charge in [0.2, 0.25) is 0 Å². The molecule has 0 bridgehead atoms. The van der Waals surface area contributed by atoms with Crippen molar-refractivity contribution in [2.75, 3.05) is 6.54 Å². The number of rotatable bonds is 5. The van der Waals surface area contributed by atoms with Gasteiger partial charge in [-0.25, -0.2) is 0 Å². The number of fused-ring (bicyclic) bond motifs is 1. The number of nitrogens with zero attached hydrogens (tertiary/aromatic N) is 3. The number of halogens is 1. The number of benzene rings is 1. The molecule has 0 fully saturated rings. The van der Waals surface area contributed by atoms with Gasteiger partial charge >= 0.3 is 0 Å². The second-order valence-electron chi connectivity index (χ2n) is 6.66. The van der Waals surface area contributed by atoms with Gasteiger partial charge in [0.25, 0.3) is 5.91 Å². The van der Waals surface area contributed by atoms with Crippen LogP contribution in [0.25, 0.3) is 10.9 Å². The number of aromatic nitrogens is 3. The van der Waals surface area contributed by atoms with Crippen molar-refractivity contribution in [3.63, 3.8) is 0 Å². The van der Waals surface area contributed by atoms with Crippen molar-refractivity contribution in [3.05, 3.63) is 52.4 Å². The summed E-state index contributed by atoms with van der Waals surface area (Å²) in [5, 5.41) is 8.87. The van der Waals surface area contributed by atoms with Crippen LogP contribution in [0.3, 0.4) is 0 Å². The molecule has 0 aliphatic rings. The maximum absolute atomic E-state index is 12.6. The summed E-state index contributed by atoms with van der Waals surface area (Å²) in [6.45, 7) is 7.45. The Balaban J connectivity index is 1.70. The first-order chi connectivity index (χ1) is 11.9. The lowest BCUT2D eigenvalue weighted by Gasteiger charge is -2.14. The Hall–Kier alpha value is -2.27. The van der Waals surface area contributed by atoms with Crippen LogP contribution in [0.4, 0.5) is 0 Å². The molecule has 2 heterocycles. The van der Waals surface area contributed by atoms with Gasteiger partial charge < -0.3 is 9.88 Å². The molecular weight excluding hydrogens is 336 g/mol. The number of carbonyl (C=O) groups is 1. The van der Waals surface area contributed by atoms with E-state index in [2.05, 4.69) is 23.4 Å².